The van der Waals surface area contributed by atoms with Gasteiger partial charge in [0.25, 0.3) is 10.1 Å². The van der Waals surface area contributed by atoms with E-state index in [1.807, 2.05) is 6.92 Å². The smallest absolute Gasteiger partial charge is 0.277 e. The normalized spacial score (nSPS) is 16.6. The van der Waals surface area contributed by atoms with Gasteiger partial charge < -0.3 is 0 Å². The minimum absolute atomic E-state index is 0.0740. The predicted molar refractivity (Wildman–Crippen MR) is 102 cm³/mol. The molecule has 4 amide bonds. The molecular formula is C19H26N2O6S. The molecule has 1 aliphatic heterocycles. The largest absolute Gasteiger partial charge is 0.328 e. The highest BCUT2D eigenvalue weighted by Gasteiger charge is 2.48. The topological polar surface area (TPSA) is 119 Å². The molecule has 0 bridgehead atoms. The van der Waals surface area contributed by atoms with Gasteiger partial charge in [-0.25, -0.2) is 4.79 Å². The van der Waals surface area contributed by atoms with Crippen molar-refractivity contribution in [2.75, 3.05) is 6.61 Å². The first-order valence-corrected chi connectivity index (χ1v) is 10.7. The van der Waals surface area contributed by atoms with Crippen LogP contribution < -0.4 is 10.6 Å². The maximum absolute atomic E-state index is 12.1. The van der Waals surface area contributed by atoms with Crippen molar-refractivity contribution in [3.05, 3.63) is 29.8 Å². The average molecular weight is 410 g/mol. The quantitative estimate of drug-likeness (QED) is 0.347. The highest BCUT2D eigenvalue weighted by Crippen LogP contribution is 2.31. The Kier molecular flexibility index (Phi) is 7.31. The fourth-order valence-corrected chi connectivity index (χ4v) is 4.07. The third kappa shape index (κ3) is 5.17. The summed E-state index contributed by atoms with van der Waals surface area (Å²) in [7, 11) is -3.76. The molecule has 0 radical (unpaired) electrons. The fraction of sp³-hybridized carbons (Fsp3) is 0.526. The number of amides is 4. The molecule has 0 aliphatic carbocycles. The first kappa shape index (κ1) is 22.0. The molecule has 28 heavy (non-hydrogen) atoms. The lowest BCUT2D eigenvalue weighted by molar-refractivity contribution is -0.145. The summed E-state index contributed by atoms with van der Waals surface area (Å²) in [6.07, 6.45) is 3.19. The van der Waals surface area contributed by atoms with E-state index in [0.29, 0.717) is 38.5 Å². The Morgan fingerprint density at radius 2 is 1.50 bits per heavy atom. The fourth-order valence-electron chi connectivity index (χ4n) is 3.13. The number of unbranched alkanes of at least 4 members (excludes halogenated alkanes) is 3. The van der Waals surface area contributed by atoms with Crippen LogP contribution in [-0.2, 0) is 23.9 Å². The highest BCUT2D eigenvalue weighted by atomic mass is 32.2. The predicted octanol–water partition coefficient (Wildman–Crippen LogP) is 2.41. The van der Waals surface area contributed by atoms with Crippen LogP contribution in [0.25, 0.3) is 0 Å². The minimum atomic E-state index is -3.76. The van der Waals surface area contributed by atoms with Gasteiger partial charge in [0.05, 0.1) is 11.5 Å². The van der Waals surface area contributed by atoms with E-state index in [1.54, 1.807) is 19.1 Å². The molecule has 0 aromatic heterocycles. The Balaban J connectivity index is 1.73. The van der Waals surface area contributed by atoms with Crippen molar-refractivity contribution in [3.63, 3.8) is 0 Å². The lowest BCUT2D eigenvalue weighted by Crippen LogP contribution is -2.62. The number of carbonyl (C=O) groups is 3. The number of carbonyl (C=O) groups excluding carboxylic acids is 3. The standard InChI is InChI=1S/C19H26N2O6S/c1-3-19(16(22)20-18(24)21-17(19)23)12-6-4-5-7-13-27-28(25,26)15-10-8-14(2)9-11-15/h8-11H,3-7,12-13H2,1-2H3,(H2,20,21,22,23,24). The van der Waals surface area contributed by atoms with E-state index in [2.05, 4.69) is 10.6 Å². The van der Waals surface area contributed by atoms with Crippen LogP contribution >= 0.6 is 0 Å². The molecule has 1 heterocycles. The summed E-state index contributed by atoms with van der Waals surface area (Å²) in [5.41, 5.74) is -0.257. The lowest BCUT2D eigenvalue weighted by atomic mass is 9.77. The van der Waals surface area contributed by atoms with E-state index >= 15 is 0 Å². The monoisotopic (exact) mass is 410 g/mol. The minimum Gasteiger partial charge on any atom is -0.277 e. The van der Waals surface area contributed by atoms with Crippen LogP contribution in [0.2, 0.25) is 0 Å². The van der Waals surface area contributed by atoms with Gasteiger partial charge in [-0.3, -0.25) is 24.4 Å². The summed E-state index contributed by atoms with van der Waals surface area (Å²) in [5.74, 6) is -1.12. The summed E-state index contributed by atoms with van der Waals surface area (Å²) < 4.78 is 29.2. The number of imide groups is 2. The Labute approximate surface area is 165 Å². The van der Waals surface area contributed by atoms with Crippen LogP contribution in [0, 0.1) is 12.3 Å². The molecule has 1 saturated heterocycles. The summed E-state index contributed by atoms with van der Waals surface area (Å²) >= 11 is 0. The average Bonchev–Trinajstić information content (AvgIpc) is 2.63. The van der Waals surface area contributed by atoms with Crippen molar-refractivity contribution >= 4 is 28.0 Å². The first-order valence-electron chi connectivity index (χ1n) is 9.34. The molecule has 2 rings (SSSR count). The van der Waals surface area contributed by atoms with Crippen molar-refractivity contribution in [3.8, 4) is 0 Å². The van der Waals surface area contributed by atoms with E-state index in [4.69, 9.17) is 4.18 Å². The second-order valence-corrected chi connectivity index (χ2v) is 8.54. The van der Waals surface area contributed by atoms with Crippen molar-refractivity contribution in [1.29, 1.82) is 0 Å². The lowest BCUT2D eigenvalue weighted by Gasteiger charge is -2.33. The highest BCUT2D eigenvalue weighted by molar-refractivity contribution is 7.86. The van der Waals surface area contributed by atoms with E-state index in [1.165, 1.54) is 12.1 Å². The molecule has 0 saturated carbocycles. The second-order valence-electron chi connectivity index (χ2n) is 6.93. The Hall–Kier alpha value is -2.26. The van der Waals surface area contributed by atoms with Crippen molar-refractivity contribution in [1.82, 2.24) is 10.6 Å². The van der Waals surface area contributed by atoms with Gasteiger partial charge in [0.1, 0.15) is 5.41 Å². The summed E-state index contributed by atoms with van der Waals surface area (Å²) in [5, 5.41) is 4.30. The number of hydrogen-bond acceptors (Lipinski definition) is 6. The maximum Gasteiger partial charge on any atom is 0.328 e. The third-order valence-corrected chi connectivity index (χ3v) is 6.30. The molecular weight excluding hydrogens is 384 g/mol. The molecule has 9 heteroatoms. The molecule has 1 fully saturated rings. The number of benzene rings is 1. The third-order valence-electron chi connectivity index (χ3n) is 4.97. The molecule has 2 N–H and O–H groups in total. The van der Waals surface area contributed by atoms with E-state index < -0.39 is 33.4 Å². The van der Waals surface area contributed by atoms with Gasteiger partial charge in [-0.1, -0.05) is 43.9 Å². The zero-order chi connectivity index (χ0) is 20.8. The SMILES string of the molecule is CCC1(CCCCCCOS(=O)(=O)c2ccc(C)cc2)C(=O)NC(=O)NC1=O. The van der Waals surface area contributed by atoms with Crippen molar-refractivity contribution in [2.24, 2.45) is 5.41 Å². The van der Waals surface area contributed by atoms with Gasteiger partial charge in [-0.05, 0) is 38.3 Å². The van der Waals surface area contributed by atoms with Gasteiger partial charge in [0.15, 0.2) is 0 Å². The Morgan fingerprint density at radius 3 is 2.07 bits per heavy atom. The maximum atomic E-state index is 12.1. The second kappa shape index (κ2) is 9.29. The first-order chi connectivity index (χ1) is 13.2. The molecule has 8 nitrogen and oxygen atoms in total. The van der Waals surface area contributed by atoms with E-state index in [9.17, 15) is 22.8 Å². The summed E-state index contributed by atoms with van der Waals surface area (Å²) in [6, 6.07) is 5.67. The summed E-state index contributed by atoms with van der Waals surface area (Å²) in [6.45, 7) is 3.68. The van der Waals surface area contributed by atoms with Gasteiger partial charge in [-0.15, -0.1) is 0 Å². The molecule has 1 aromatic carbocycles. The Bertz CT molecular complexity index is 812. The van der Waals surface area contributed by atoms with Crippen LogP contribution in [0.15, 0.2) is 29.2 Å². The molecule has 0 atom stereocenters. The molecule has 0 spiro atoms. The molecule has 1 aliphatic rings. The zero-order valence-corrected chi connectivity index (χ0v) is 16.9. The van der Waals surface area contributed by atoms with Crippen LogP contribution in [-0.4, -0.2) is 32.9 Å². The van der Waals surface area contributed by atoms with Crippen molar-refractivity contribution < 1.29 is 27.0 Å². The van der Waals surface area contributed by atoms with Crippen LogP contribution in [0.3, 0.4) is 0 Å². The number of barbiturate groups is 1. The Morgan fingerprint density at radius 1 is 0.929 bits per heavy atom. The van der Waals surface area contributed by atoms with Gasteiger partial charge in [0, 0.05) is 0 Å². The summed E-state index contributed by atoms with van der Waals surface area (Å²) in [4.78, 5) is 35.6. The number of rotatable bonds is 10. The number of aryl methyl sites for hydroxylation is 1. The van der Waals surface area contributed by atoms with Crippen LogP contribution in [0.1, 0.15) is 51.0 Å². The number of urea groups is 1. The number of nitrogens with one attached hydrogen (secondary N) is 2. The number of hydrogen-bond donors (Lipinski definition) is 2. The van der Waals surface area contributed by atoms with Crippen molar-refractivity contribution in [2.45, 2.75) is 57.3 Å². The van der Waals surface area contributed by atoms with E-state index in [-0.39, 0.29) is 11.5 Å². The van der Waals surface area contributed by atoms with Gasteiger partial charge in [0.2, 0.25) is 11.8 Å². The van der Waals surface area contributed by atoms with Crippen LogP contribution in [0.4, 0.5) is 4.79 Å². The molecule has 0 unspecified atom stereocenters. The zero-order valence-electron chi connectivity index (χ0n) is 16.1. The van der Waals surface area contributed by atoms with E-state index in [0.717, 1.165) is 5.56 Å². The molecule has 154 valence electrons. The van der Waals surface area contributed by atoms with Gasteiger partial charge in [-0.2, -0.15) is 8.42 Å². The van der Waals surface area contributed by atoms with Crippen LogP contribution in [0.5, 0.6) is 0 Å². The van der Waals surface area contributed by atoms with Gasteiger partial charge >= 0.3 is 6.03 Å². The molecule has 1 aromatic rings.